The average Bonchev–Trinajstić information content (AvgIpc) is 1.46. The summed E-state index contributed by atoms with van der Waals surface area (Å²) in [6.07, 6.45) is 5.90. The predicted molar refractivity (Wildman–Crippen MR) is 475 cm³/mol. The number of primary amides is 2. The molecule has 2 saturated heterocycles. The molecule has 0 bridgehead atoms. The van der Waals surface area contributed by atoms with Gasteiger partial charge in [0.1, 0.15) is 85.5 Å². The van der Waals surface area contributed by atoms with Crippen molar-refractivity contribution in [3.05, 3.63) is 120 Å². The zero-order valence-corrected chi connectivity index (χ0v) is 74.5. The monoisotopic (exact) mass is 1830 g/mol. The number of nitrogens with zero attached hydrogens (tertiary/aromatic N) is 6. The average molecular weight is 1830 g/mol. The van der Waals surface area contributed by atoms with Crippen molar-refractivity contribution < 1.29 is 102 Å². The quantitative estimate of drug-likeness (QED) is 0.0138. The molecule has 5 heterocycles. The molecule has 0 aliphatic carbocycles. The van der Waals surface area contributed by atoms with Crippen LogP contribution in [0.4, 0.5) is 0 Å². The smallest absolute Gasteiger partial charge is 0.323 e. The summed E-state index contributed by atoms with van der Waals surface area (Å²) in [5.74, 6) is -15.7. The number of amides is 16. The molecule has 2 fully saturated rings. The standard InChI is InChI=1S/C87H119N21O21S/c1-8-10-21-67(81(123)100-60(31-49(3)4)80(122)103-66(47-130-30-29-109)79(121)94-41-72(89)113)104(6)87(129)69(22-11-9-2)105(7)84(126)64(34-52-39-93-59-20-15-13-18-57(52)59)98-73(114)42-95-77(119)61(33-51-38-92-58-19-14-12-17-56(51)58)101-83(125)70-36-55(111)44-108(70)75(116)43-96-78(120)62(35-53-40-91-48-97-53)102-82(124)68-23-16-28-107(68)86(128)65(37-71(88)112)99-74(115)45-106(46-76(117)118)85(127)63(90-5)32-50-24-26-54(110)27-25-50/h12-15,17-20,24-27,29,38-40,48-49,55,60-70,90,92-93,110-111H,8-11,16,21-23,28,30-37,41-47H2,1-7H3,(H2,88,112)(H2,89,113)(H,91,97)(H,94,121)(H,95,119)(H,96,120)(H,98,114)(H,99,115)(H,100,123)(H,101,125)(H,102,124)(H,103,122)(H,117,118)/t55-,60?,61?,62?,63?,64?,65?,66+,67?,68?,69?,70?/m1/s1. The maximum atomic E-state index is 15.4. The number of fused-ring (bicyclic) bond motifs is 2. The SMILES string of the molecule is CCCCC(C(=O)N(C)C(CCCC)C(=O)NC(CC(C)C)C(=O)N[C@@H](CSCC=O)C(=O)NCC(N)=O)N(C)C(=O)C(Cc1c[nH]c2ccccc12)NC(=O)CNC(=O)C(Cc1c[nH]c2ccccc12)NC(=O)C1C[C@@H](O)CN1C(=O)CNC(=O)C(Cc1cnc[nH]1)NC(=O)C1CCCN1C(=O)C(CC(N)=O)NC(=O)CN(CC(=O)O)C(=O)C(Cc1ccc(O)cc1)NC. The minimum absolute atomic E-state index is 0.00504. The van der Waals surface area contributed by atoms with Crippen molar-refractivity contribution in [1.82, 2.24) is 97.6 Å². The molecule has 12 atom stereocenters. The van der Waals surface area contributed by atoms with Crippen molar-refractivity contribution in [3.8, 4) is 5.75 Å². The molecule has 0 radical (unpaired) electrons. The highest BCUT2D eigenvalue weighted by atomic mass is 32.2. The van der Waals surface area contributed by atoms with Crippen molar-refractivity contribution in [2.24, 2.45) is 17.4 Å². The third-order valence-electron chi connectivity index (χ3n) is 22.4. The van der Waals surface area contributed by atoms with E-state index in [-0.39, 0.29) is 93.9 Å². The summed E-state index contributed by atoms with van der Waals surface area (Å²) in [5.41, 5.74) is 14.2. The van der Waals surface area contributed by atoms with Gasteiger partial charge in [-0.2, -0.15) is 11.8 Å². The first-order chi connectivity index (χ1) is 62.0. The molecular weight excluding hydrogens is 1710 g/mol. The molecule has 2 aliphatic heterocycles. The Hall–Kier alpha value is -13.3. The number of β-amino-alcohol motifs (C(OH)–C–C–N with tert-alkyl or cyclic N) is 1. The minimum atomic E-state index is -1.74. The second-order valence-corrected chi connectivity index (χ2v) is 33.7. The summed E-state index contributed by atoms with van der Waals surface area (Å²) in [7, 11) is 4.25. The Kier molecular flexibility index (Phi) is 39.1. The van der Waals surface area contributed by atoms with Crippen LogP contribution in [0.1, 0.15) is 121 Å². The second kappa shape index (κ2) is 49.9. The Labute approximate surface area is 754 Å². The van der Waals surface area contributed by atoms with E-state index in [4.69, 9.17) is 11.5 Å². The van der Waals surface area contributed by atoms with E-state index in [1.807, 2.05) is 33.8 Å². The number of carbonyl (C=O) groups is 18. The Morgan fingerprint density at radius 3 is 1.75 bits per heavy atom. The van der Waals surface area contributed by atoms with Crippen LogP contribution in [0, 0.1) is 5.92 Å². The number of aromatic amines is 3. The Morgan fingerprint density at radius 2 is 1.16 bits per heavy atom. The first-order valence-electron chi connectivity index (χ1n) is 43.1. The van der Waals surface area contributed by atoms with Crippen LogP contribution in [-0.4, -0.2) is 318 Å². The van der Waals surface area contributed by atoms with Crippen LogP contribution in [0.5, 0.6) is 5.75 Å². The number of hydrogen-bond donors (Lipinski definition) is 18. The molecule has 43 heteroatoms. The largest absolute Gasteiger partial charge is 0.508 e. The van der Waals surface area contributed by atoms with Gasteiger partial charge in [0.05, 0.1) is 44.5 Å². The Morgan fingerprint density at radius 1 is 0.592 bits per heavy atom. The number of carboxylic acids is 1. The fraction of sp³-hybridized carbons (Fsp3) is 0.506. The molecule has 42 nitrogen and oxygen atoms in total. The summed E-state index contributed by atoms with van der Waals surface area (Å²) in [4.78, 5) is 268. The number of nitrogens with two attached hydrogens (primary N) is 2. The summed E-state index contributed by atoms with van der Waals surface area (Å²) in [5, 5.41) is 58.3. The van der Waals surface area contributed by atoms with Crippen LogP contribution in [0.3, 0.4) is 0 Å². The maximum absolute atomic E-state index is 15.4. The maximum Gasteiger partial charge on any atom is 0.323 e. The number of hydrogen-bond acceptors (Lipinski definition) is 23. The number of H-pyrrole nitrogens is 3. The van der Waals surface area contributed by atoms with Gasteiger partial charge in [-0.05, 0) is 92.4 Å². The summed E-state index contributed by atoms with van der Waals surface area (Å²) >= 11 is 1.04. The molecule has 16 amide bonds. The van der Waals surface area contributed by atoms with E-state index < -0.39 is 219 Å². The lowest BCUT2D eigenvalue weighted by molar-refractivity contribution is -0.149. The number of benzene rings is 3. The van der Waals surface area contributed by atoms with Gasteiger partial charge in [-0.15, -0.1) is 0 Å². The van der Waals surface area contributed by atoms with Crippen LogP contribution >= 0.6 is 11.8 Å². The number of aromatic hydroxyl groups is 1. The number of likely N-dealkylation sites (N-methyl/N-ethyl adjacent to an activating group) is 3. The normalized spacial score (nSPS) is 16.2. The molecule has 704 valence electrons. The van der Waals surface area contributed by atoms with Gasteiger partial charge in [0, 0.05) is 110 Å². The van der Waals surface area contributed by atoms with E-state index in [1.54, 1.807) is 67.0 Å². The number of phenolic OH excluding ortho intramolecular Hbond substituents is 1. The highest BCUT2D eigenvalue weighted by Crippen LogP contribution is 2.27. The molecule has 3 aromatic carbocycles. The lowest BCUT2D eigenvalue weighted by Crippen LogP contribution is -2.60. The predicted octanol–water partition coefficient (Wildman–Crippen LogP) is -2.57. The van der Waals surface area contributed by atoms with Crippen molar-refractivity contribution in [1.29, 1.82) is 0 Å². The number of imidazole rings is 1. The molecule has 0 saturated carbocycles. The van der Waals surface area contributed by atoms with Crippen LogP contribution in [-0.2, 0) is 112 Å². The number of aromatic nitrogens is 4. The van der Waals surface area contributed by atoms with E-state index >= 15 is 9.59 Å². The van der Waals surface area contributed by atoms with E-state index in [0.29, 0.717) is 76.2 Å². The summed E-state index contributed by atoms with van der Waals surface area (Å²) in [6, 6.07) is 5.02. The molecule has 8 rings (SSSR count). The number of nitrogens with one attached hydrogen (secondary N) is 13. The van der Waals surface area contributed by atoms with Crippen molar-refractivity contribution >= 4 is 140 Å². The number of aliphatic hydroxyl groups is 1. The van der Waals surface area contributed by atoms with Gasteiger partial charge >= 0.3 is 5.97 Å². The molecule has 3 aromatic heterocycles. The minimum Gasteiger partial charge on any atom is -0.508 e. The number of thioether (sulfide) groups is 1. The number of aliphatic hydroxyl groups excluding tert-OH is 1. The molecule has 20 N–H and O–H groups in total. The van der Waals surface area contributed by atoms with E-state index in [0.717, 1.165) is 26.5 Å². The van der Waals surface area contributed by atoms with Crippen molar-refractivity contribution in [2.75, 3.05) is 78.5 Å². The lowest BCUT2D eigenvalue weighted by Gasteiger charge is -2.36. The molecule has 2 aliphatic rings. The van der Waals surface area contributed by atoms with Gasteiger partial charge in [0.2, 0.25) is 94.5 Å². The Balaban J connectivity index is 0.961. The molecular formula is C87H119N21O21S. The number of unbranched alkanes of at least 4 members (excludes halogenated alkanes) is 2. The number of para-hydroxylation sites is 2. The summed E-state index contributed by atoms with van der Waals surface area (Å²) in [6.45, 7) is 2.81. The van der Waals surface area contributed by atoms with Gasteiger partial charge in [0.15, 0.2) is 0 Å². The molecule has 6 aromatic rings. The fourth-order valence-electron chi connectivity index (χ4n) is 15.7. The number of aliphatic carboxylic acids is 1. The number of phenols is 1. The number of likely N-dealkylation sites (tertiary alicyclic amines) is 2. The van der Waals surface area contributed by atoms with Gasteiger partial charge in [-0.3, -0.25) is 81.5 Å². The van der Waals surface area contributed by atoms with E-state index in [1.165, 1.54) is 55.6 Å². The summed E-state index contributed by atoms with van der Waals surface area (Å²) < 4.78 is 0. The zero-order valence-electron chi connectivity index (χ0n) is 73.7. The van der Waals surface area contributed by atoms with Crippen molar-refractivity contribution in [2.45, 2.75) is 197 Å². The molecule has 10 unspecified atom stereocenters. The van der Waals surface area contributed by atoms with Gasteiger partial charge in [-0.25, -0.2) is 4.98 Å². The van der Waals surface area contributed by atoms with Gasteiger partial charge in [0.25, 0.3) is 0 Å². The number of aldehydes is 1. The number of rotatable bonds is 52. The Bertz CT molecular complexity index is 4990. The van der Waals surface area contributed by atoms with Gasteiger partial charge in [-0.1, -0.05) is 102 Å². The molecule has 130 heavy (non-hydrogen) atoms. The number of carbonyl (C=O) groups excluding carboxylic acids is 17. The van der Waals surface area contributed by atoms with Gasteiger partial charge < -0.3 is 124 Å². The first-order valence-corrected chi connectivity index (χ1v) is 44.2. The first kappa shape index (κ1) is 102. The topological polar surface area (TPSA) is 617 Å². The van der Waals surface area contributed by atoms with Crippen LogP contribution < -0.4 is 64.6 Å². The van der Waals surface area contributed by atoms with E-state index in [2.05, 4.69) is 73.1 Å². The zero-order chi connectivity index (χ0) is 95.0. The van der Waals surface area contributed by atoms with Crippen LogP contribution in [0.2, 0.25) is 0 Å². The van der Waals surface area contributed by atoms with Crippen LogP contribution in [0.15, 0.2) is 97.7 Å². The van der Waals surface area contributed by atoms with Crippen molar-refractivity contribution in [3.63, 3.8) is 0 Å². The lowest BCUT2D eigenvalue weighted by atomic mass is 9.99. The fourth-order valence-corrected chi connectivity index (χ4v) is 16.4. The number of carboxylic acid groups (broad SMARTS) is 1. The van der Waals surface area contributed by atoms with E-state index in [9.17, 15) is 92.0 Å². The third-order valence-corrected chi connectivity index (χ3v) is 23.4. The third kappa shape index (κ3) is 29.6. The highest BCUT2D eigenvalue weighted by Gasteiger charge is 2.45. The second-order valence-electron chi connectivity index (χ2n) is 32.7. The molecule has 0 spiro atoms. The highest BCUT2D eigenvalue weighted by molar-refractivity contribution is 7.99. The van der Waals surface area contributed by atoms with Crippen LogP contribution in [0.25, 0.3) is 21.8 Å².